The molecule has 0 saturated carbocycles. The third kappa shape index (κ3) is 5.04. The molecule has 1 unspecified atom stereocenters. The van der Waals surface area contributed by atoms with Gasteiger partial charge in [-0.3, -0.25) is 4.79 Å². The molecule has 0 fully saturated rings. The highest BCUT2D eigenvalue weighted by atomic mass is 35.5. The summed E-state index contributed by atoms with van der Waals surface area (Å²) < 4.78 is 5.97. The molecule has 0 aliphatic carbocycles. The fourth-order valence-corrected chi connectivity index (χ4v) is 2.06. The number of carbonyl (C=O) groups is 1. The molecule has 0 aromatic heterocycles. The fourth-order valence-electron chi connectivity index (χ4n) is 1.92. The molecule has 1 atom stereocenters. The summed E-state index contributed by atoms with van der Waals surface area (Å²) in [5.41, 5.74) is 3.49. The second-order valence-electron chi connectivity index (χ2n) is 5.18. The van der Waals surface area contributed by atoms with E-state index >= 15 is 0 Å². The standard InChI is InChI=1S/C16H24ClNO2/c1-11-7-8-12(2)16(14(11)4)20-13(3)10-18-15(19)6-5-9-17/h7-8,13H,5-6,9-10H2,1-4H3,(H,18,19). The van der Waals surface area contributed by atoms with Gasteiger partial charge in [0.15, 0.2) is 0 Å². The van der Waals surface area contributed by atoms with E-state index in [2.05, 4.69) is 31.3 Å². The fraction of sp³-hybridized carbons (Fsp3) is 0.562. The van der Waals surface area contributed by atoms with E-state index in [0.29, 0.717) is 25.3 Å². The number of halogens is 1. The van der Waals surface area contributed by atoms with Gasteiger partial charge < -0.3 is 10.1 Å². The summed E-state index contributed by atoms with van der Waals surface area (Å²) in [6.45, 7) is 8.63. The van der Waals surface area contributed by atoms with Crippen LogP contribution in [0.3, 0.4) is 0 Å². The van der Waals surface area contributed by atoms with Crippen LogP contribution >= 0.6 is 11.6 Å². The highest BCUT2D eigenvalue weighted by molar-refractivity contribution is 6.17. The molecule has 0 bridgehead atoms. The third-order valence-electron chi connectivity index (χ3n) is 3.32. The highest BCUT2D eigenvalue weighted by Gasteiger charge is 2.11. The molecule has 0 heterocycles. The van der Waals surface area contributed by atoms with Crippen molar-refractivity contribution >= 4 is 17.5 Å². The molecule has 1 amide bonds. The van der Waals surface area contributed by atoms with Crippen molar-refractivity contribution in [3.8, 4) is 5.75 Å². The van der Waals surface area contributed by atoms with Crippen molar-refractivity contribution in [1.82, 2.24) is 5.32 Å². The molecule has 1 aromatic rings. The van der Waals surface area contributed by atoms with Gasteiger partial charge in [-0.1, -0.05) is 12.1 Å². The lowest BCUT2D eigenvalue weighted by Gasteiger charge is -2.19. The zero-order chi connectivity index (χ0) is 15.1. The topological polar surface area (TPSA) is 38.3 Å². The van der Waals surface area contributed by atoms with E-state index in [9.17, 15) is 4.79 Å². The Hall–Kier alpha value is -1.22. The van der Waals surface area contributed by atoms with E-state index < -0.39 is 0 Å². The first-order valence-electron chi connectivity index (χ1n) is 7.01. The molecule has 1 aromatic carbocycles. The van der Waals surface area contributed by atoms with Gasteiger partial charge in [0.05, 0.1) is 6.54 Å². The van der Waals surface area contributed by atoms with Crippen molar-refractivity contribution in [2.24, 2.45) is 0 Å². The molecule has 0 aliphatic rings. The smallest absolute Gasteiger partial charge is 0.220 e. The number of amides is 1. The van der Waals surface area contributed by atoms with E-state index in [4.69, 9.17) is 16.3 Å². The zero-order valence-electron chi connectivity index (χ0n) is 12.8. The Labute approximate surface area is 126 Å². The average molecular weight is 298 g/mol. The Morgan fingerprint density at radius 1 is 1.30 bits per heavy atom. The van der Waals surface area contributed by atoms with Gasteiger partial charge in [0, 0.05) is 12.3 Å². The first-order valence-corrected chi connectivity index (χ1v) is 7.55. The Kier molecular flexibility index (Phi) is 6.86. The van der Waals surface area contributed by atoms with Gasteiger partial charge in [-0.15, -0.1) is 11.6 Å². The number of alkyl halides is 1. The molecule has 4 heteroatoms. The number of ether oxygens (including phenoxy) is 1. The summed E-state index contributed by atoms with van der Waals surface area (Å²) in [4.78, 5) is 11.5. The summed E-state index contributed by atoms with van der Waals surface area (Å²) in [5, 5.41) is 2.87. The summed E-state index contributed by atoms with van der Waals surface area (Å²) in [6, 6.07) is 4.15. The quantitative estimate of drug-likeness (QED) is 0.782. The second-order valence-corrected chi connectivity index (χ2v) is 5.56. The minimum Gasteiger partial charge on any atom is -0.488 e. The molecule has 0 aliphatic heterocycles. The van der Waals surface area contributed by atoms with Crippen LogP contribution in [0.1, 0.15) is 36.5 Å². The van der Waals surface area contributed by atoms with Crippen LogP contribution in [0.2, 0.25) is 0 Å². The van der Waals surface area contributed by atoms with Crippen LogP contribution in [0, 0.1) is 20.8 Å². The Morgan fingerprint density at radius 2 is 1.95 bits per heavy atom. The molecule has 0 saturated heterocycles. The second kappa shape index (κ2) is 8.15. The Balaban J connectivity index is 2.53. The first-order chi connectivity index (χ1) is 9.45. The molecule has 1 rings (SSSR count). The largest absolute Gasteiger partial charge is 0.488 e. The monoisotopic (exact) mass is 297 g/mol. The van der Waals surface area contributed by atoms with Gasteiger partial charge in [0.2, 0.25) is 5.91 Å². The summed E-state index contributed by atoms with van der Waals surface area (Å²) >= 11 is 5.56. The molecule has 3 nitrogen and oxygen atoms in total. The maximum absolute atomic E-state index is 11.5. The zero-order valence-corrected chi connectivity index (χ0v) is 13.5. The van der Waals surface area contributed by atoms with Crippen LogP contribution in [0.5, 0.6) is 5.75 Å². The maximum atomic E-state index is 11.5. The molecule has 0 radical (unpaired) electrons. The molecule has 112 valence electrons. The van der Waals surface area contributed by atoms with Crippen molar-refractivity contribution in [1.29, 1.82) is 0 Å². The predicted molar refractivity (Wildman–Crippen MR) is 83.7 cm³/mol. The SMILES string of the molecule is Cc1ccc(C)c(OC(C)CNC(=O)CCCCl)c1C. The number of benzene rings is 1. The van der Waals surface area contributed by atoms with Gasteiger partial charge in [0.25, 0.3) is 0 Å². The van der Waals surface area contributed by atoms with Crippen molar-refractivity contribution < 1.29 is 9.53 Å². The summed E-state index contributed by atoms with van der Waals surface area (Å²) in [5.74, 6) is 1.47. The molecule has 1 N–H and O–H groups in total. The Morgan fingerprint density at radius 3 is 2.60 bits per heavy atom. The molecule has 20 heavy (non-hydrogen) atoms. The van der Waals surface area contributed by atoms with Gasteiger partial charge in [-0.2, -0.15) is 0 Å². The van der Waals surface area contributed by atoms with Crippen molar-refractivity contribution in [3.05, 3.63) is 28.8 Å². The van der Waals surface area contributed by atoms with Gasteiger partial charge in [-0.25, -0.2) is 0 Å². The number of rotatable bonds is 7. The van der Waals surface area contributed by atoms with Crippen molar-refractivity contribution in [2.75, 3.05) is 12.4 Å². The maximum Gasteiger partial charge on any atom is 0.220 e. The lowest BCUT2D eigenvalue weighted by molar-refractivity contribution is -0.121. The number of aryl methyl sites for hydroxylation is 2. The highest BCUT2D eigenvalue weighted by Crippen LogP contribution is 2.26. The van der Waals surface area contributed by atoms with E-state index in [1.807, 2.05) is 13.8 Å². The lowest BCUT2D eigenvalue weighted by Crippen LogP contribution is -2.33. The number of carbonyl (C=O) groups excluding carboxylic acids is 1. The van der Waals surface area contributed by atoms with Crippen LogP contribution < -0.4 is 10.1 Å². The molecular formula is C16H24ClNO2. The number of hydrogen-bond donors (Lipinski definition) is 1. The lowest BCUT2D eigenvalue weighted by atomic mass is 10.1. The molecule has 0 spiro atoms. The van der Waals surface area contributed by atoms with Crippen LogP contribution in [-0.2, 0) is 4.79 Å². The minimum atomic E-state index is -0.0610. The average Bonchev–Trinajstić information content (AvgIpc) is 2.43. The Bertz CT molecular complexity index is 460. The van der Waals surface area contributed by atoms with Crippen LogP contribution in [-0.4, -0.2) is 24.4 Å². The molecular weight excluding hydrogens is 274 g/mol. The van der Waals surface area contributed by atoms with Crippen molar-refractivity contribution in [2.45, 2.75) is 46.6 Å². The van der Waals surface area contributed by atoms with E-state index in [1.165, 1.54) is 5.56 Å². The predicted octanol–water partition coefficient (Wildman–Crippen LogP) is 3.51. The van der Waals surface area contributed by atoms with Gasteiger partial charge in [-0.05, 0) is 50.8 Å². The van der Waals surface area contributed by atoms with E-state index in [1.54, 1.807) is 0 Å². The minimum absolute atomic E-state index is 0.0267. The van der Waals surface area contributed by atoms with E-state index in [-0.39, 0.29) is 12.0 Å². The number of nitrogens with one attached hydrogen (secondary N) is 1. The normalized spacial score (nSPS) is 12.1. The van der Waals surface area contributed by atoms with E-state index in [0.717, 1.165) is 16.9 Å². The third-order valence-corrected chi connectivity index (χ3v) is 3.58. The van der Waals surface area contributed by atoms with Crippen molar-refractivity contribution in [3.63, 3.8) is 0 Å². The van der Waals surface area contributed by atoms with Gasteiger partial charge in [0.1, 0.15) is 11.9 Å². The van der Waals surface area contributed by atoms with Crippen LogP contribution in [0.15, 0.2) is 12.1 Å². The number of hydrogen-bond acceptors (Lipinski definition) is 2. The van der Waals surface area contributed by atoms with Gasteiger partial charge >= 0.3 is 0 Å². The summed E-state index contributed by atoms with van der Waals surface area (Å²) in [7, 11) is 0. The van der Waals surface area contributed by atoms with Crippen LogP contribution in [0.25, 0.3) is 0 Å². The van der Waals surface area contributed by atoms with Crippen LogP contribution in [0.4, 0.5) is 0 Å². The first kappa shape index (κ1) is 16.8. The summed E-state index contributed by atoms with van der Waals surface area (Å²) in [6.07, 6.45) is 1.12.